The topological polar surface area (TPSA) is 70.9 Å². The molecule has 0 fully saturated rings. The minimum absolute atomic E-state index is 0.622. The summed E-state index contributed by atoms with van der Waals surface area (Å²) in [6.45, 7) is 4.79. The number of nitrogens with two attached hydrogens (primary N) is 1. The van der Waals surface area contributed by atoms with Crippen molar-refractivity contribution in [3.63, 3.8) is 0 Å². The summed E-state index contributed by atoms with van der Waals surface area (Å²) in [5.41, 5.74) is 9.08. The zero-order valence-electron chi connectivity index (χ0n) is 12.1. The molecule has 1 aromatic carbocycles. The first-order chi connectivity index (χ1) is 9.60. The van der Waals surface area contributed by atoms with Crippen molar-refractivity contribution in [2.24, 2.45) is 0 Å². The summed E-state index contributed by atoms with van der Waals surface area (Å²) in [5.74, 6) is 0.840. The third kappa shape index (κ3) is 2.32. The molecule has 0 saturated carbocycles. The first-order valence-electron chi connectivity index (χ1n) is 6.65. The van der Waals surface area contributed by atoms with Crippen LogP contribution in [0.15, 0.2) is 24.3 Å². The number of rotatable bonds is 4. The summed E-state index contributed by atoms with van der Waals surface area (Å²) < 4.78 is 1.90. The summed E-state index contributed by atoms with van der Waals surface area (Å²) in [6.07, 6.45) is 0.974. The molecular formula is C15H19N5. The van der Waals surface area contributed by atoms with Gasteiger partial charge in [-0.15, -0.1) is 0 Å². The monoisotopic (exact) mass is 269 g/mol. The highest BCUT2D eigenvalue weighted by Gasteiger charge is 2.18. The zero-order valence-corrected chi connectivity index (χ0v) is 12.1. The van der Waals surface area contributed by atoms with Crippen LogP contribution in [0.5, 0.6) is 0 Å². The molecule has 0 aliphatic rings. The molecule has 2 rings (SSSR count). The Morgan fingerprint density at radius 2 is 2.10 bits per heavy atom. The number of para-hydroxylation sites is 1. The maximum Gasteiger partial charge on any atom is 0.154 e. The molecule has 1 aromatic heterocycles. The van der Waals surface area contributed by atoms with E-state index < -0.39 is 0 Å². The van der Waals surface area contributed by atoms with Gasteiger partial charge in [-0.25, -0.2) is 4.68 Å². The van der Waals surface area contributed by atoms with Gasteiger partial charge in [0.05, 0.1) is 22.6 Å². The Morgan fingerprint density at radius 3 is 2.75 bits per heavy atom. The van der Waals surface area contributed by atoms with E-state index in [0.717, 1.165) is 30.2 Å². The third-order valence-electron chi connectivity index (χ3n) is 3.28. The van der Waals surface area contributed by atoms with Crippen LogP contribution in [0.2, 0.25) is 0 Å². The van der Waals surface area contributed by atoms with Crippen LogP contribution < -0.4 is 10.6 Å². The molecular weight excluding hydrogens is 250 g/mol. The van der Waals surface area contributed by atoms with Crippen molar-refractivity contribution in [2.75, 3.05) is 17.7 Å². The van der Waals surface area contributed by atoms with Gasteiger partial charge < -0.3 is 10.6 Å². The lowest BCUT2D eigenvalue weighted by Gasteiger charge is -2.22. The van der Waals surface area contributed by atoms with Crippen LogP contribution in [0.1, 0.15) is 24.6 Å². The van der Waals surface area contributed by atoms with Gasteiger partial charge in [0.2, 0.25) is 0 Å². The first kappa shape index (κ1) is 13.9. The van der Waals surface area contributed by atoms with Crippen molar-refractivity contribution >= 4 is 17.2 Å². The van der Waals surface area contributed by atoms with E-state index in [1.54, 1.807) is 6.07 Å². The molecule has 0 spiro atoms. The summed E-state index contributed by atoms with van der Waals surface area (Å²) in [4.78, 5) is 1.93. The number of anilines is 3. The largest absolute Gasteiger partial charge is 0.394 e. The highest BCUT2D eigenvalue weighted by molar-refractivity contribution is 5.75. The second-order valence-corrected chi connectivity index (χ2v) is 4.73. The van der Waals surface area contributed by atoms with Crippen LogP contribution in [0, 0.1) is 18.3 Å². The zero-order chi connectivity index (χ0) is 14.7. The quantitative estimate of drug-likeness (QED) is 0.926. The number of nitrogen functional groups attached to an aromatic ring is 1. The van der Waals surface area contributed by atoms with E-state index in [9.17, 15) is 5.26 Å². The summed E-state index contributed by atoms with van der Waals surface area (Å²) in [5, 5.41) is 13.7. The number of hydrogen-bond acceptors (Lipinski definition) is 4. The predicted octanol–water partition coefficient (Wildman–Crippen LogP) is 2.82. The average molecular weight is 269 g/mol. The van der Waals surface area contributed by atoms with Gasteiger partial charge >= 0.3 is 0 Å². The lowest BCUT2D eigenvalue weighted by atomic mass is 10.2. The van der Waals surface area contributed by atoms with E-state index in [2.05, 4.69) is 18.1 Å². The highest BCUT2D eigenvalue weighted by atomic mass is 15.4. The Bertz CT molecular complexity index is 651. The van der Waals surface area contributed by atoms with E-state index in [1.165, 1.54) is 0 Å². The molecule has 5 nitrogen and oxygen atoms in total. The highest BCUT2D eigenvalue weighted by Crippen LogP contribution is 2.32. The molecule has 0 aliphatic heterocycles. The SMILES string of the molecule is CCCn1nc(C)c(N)c1N(C)c1ccccc1C#N. The van der Waals surface area contributed by atoms with E-state index in [4.69, 9.17) is 5.73 Å². The molecule has 20 heavy (non-hydrogen) atoms. The molecule has 2 N–H and O–H groups in total. The second-order valence-electron chi connectivity index (χ2n) is 4.73. The van der Waals surface area contributed by atoms with Crippen molar-refractivity contribution in [1.82, 2.24) is 9.78 Å². The Labute approximate surface area is 119 Å². The molecule has 104 valence electrons. The molecule has 2 aromatic rings. The molecule has 0 saturated heterocycles. The van der Waals surface area contributed by atoms with Crippen LogP contribution in [0.4, 0.5) is 17.2 Å². The van der Waals surface area contributed by atoms with Gasteiger partial charge in [0.25, 0.3) is 0 Å². The number of aryl methyl sites for hydroxylation is 2. The average Bonchev–Trinajstić information content (AvgIpc) is 2.73. The van der Waals surface area contributed by atoms with Gasteiger partial charge in [-0.2, -0.15) is 10.4 Å². The number of hydrogen-bond donors (Lipinski definition) is 1. The minimum Gasteiger partial charge on any atom is -0.394 e. The van der Waals surface area contributed by atoms with Crippen molar-refractivity contribution in [3.8, 4) is 6.07 Å². The maximum atomic E-state index is 9.23. The Kier molecular flexibility index (Phi) is 3.94. The standard InChI is InChI=1S/C15H19N5/c1-4-9-20-15(14(17)11(2)18-20)19(3)13-8-6-5-7-12(13)10-16/h5-8H,4,9,17H2,1-3H3. The molecule has 0 atom stereocenters. The Morgan fingerprint density at radius 1 is 1.40 bits per heavy atom. The predicted molar refractivity (Wildman–Crippen MR) is 80.9 cm³/mol. The maximum absolute atomic E-state index is 9.23. The normalized spacial score (nSPS) is 10.3. The number of aromatic nitrogens is 2. The van der Waals surface area contributed by atoms with Crippen LogP contribution in [0.3, 0.4) is 0 Å². The van der Waals surface area contributed by atoms with Crippen molar-refractivity contribution in [3.05, 3.63) is 35.5 Å². The van der Waals surface area contributed by atoms with Crippen molar-refractivity contribution < 1.29 is 0 Å². The van der Waals surface area contributed by atoms with E-state index in [-0.39, 0.29) is 0 Å². The van der Waals surface area contributed by atoms with Crippen LogP contribution in [-0.4, -0.2) is 16.8 Å². The van der Waals surface area contributed by atoms with Crippen molar-refractivity contribution in [1.29, 1.82) is 5.26 Å². The third-order valence-corrected chi connectivity index (χ3v) is 3.28. The van der Waals surface area contributed by atoms with Crippen LogP contribution in [-0.2, 0) is 6.54 Å². The van der Waals surface area contributed by atoms with E-state index in [0.29, 0.717) is 11.3 Å². The fraction of sp³-hybridized carbons (Fsp3) is 0.333. The van der Waals surface area contributed by atoms with Crippen molar-refractivity contribution in [2.45, 2.75) is 26.8 Å². The molecule has 0 aliphatic carbocycles. The van der Waals surface area contributed by atoms with Gasteiger partial charge in [0, 0.05) is 13.6 Å². The summed E-state index contributed by atoms with van der Waals surface area (Å²) in [6, 6.07) is 9.69. The lowest BCUT2D eigenvalue weighted by molar-refractivity contribution is 0.599. The molecule has 0 radical (unpaired) electrons. The number of nitrogens with zero attached hydrogens (tertiary/aromatic N) is 4. The Balaban J connectivity index is 2.53. The molecule has 0 amide bonds. The lowest BCUT2D eigenvalue weighted by Crippen LogP contribution is -2.17. The molecule has 1 heterocycles. The van der Waals surface area contributed by atoms with Gasteiger partial charge in [0.1, 0.15) is 6.07 Å². The molecule has 0 unspecified atom stereocenters. The Hall–Kier alpha value is -2.48. The smallest absolute Gasteiger partial charge is 0.154 e. The minimum atomic E-state index is 0.622. The number of nitriles is 1. The fourth-order valence-corrected chi connectivity index (χ4v) is 2.28. The number of benzene rings is 1. The summed E-state index contributed by atoms with van der Waals surface area (Å²) >= 11 is 0. The molecule has 5 heteroatoms. The van der Waals surface area contributed by atoms with E-state index in [1.807, 2.05) is 41.8 Å². The van der Waals surface area contributed by atoms with Gasteiger partial charge in [0.15, 0.2) is 5.82 Å². The van der Waals surface area contributed by atoms with Gasteiger partial charge in [-0.05, 0) is 25.5 Å². The first-order valence-corrected chi connectivity index (χ1v) is 6.65. The molecule has 0 bridgehead atoms. The van der Waals surface area contributed by atoms with E-state index >= 15 is 0 Å². The van der Waals surface area contributed by atoms with Crippen LogP contribution in [0.25, 0.3) is 0 Å². The van der Waals surface area contributed by atoms with Gasteiger partial charge in [-0.3, -0.25) is 0 Å². The van der Waals surface area contributed by atoms with Gasteiger partial charge in [-0.1, -0.05) is 19.1 Å². The second kappa shape index (κ2) is 5.66. The summed E-state index contributed by atoms with van der Waals surface area (Å²) in [7, 11) is 1.91. The van der Waals surface area contributed by atoms with Crippen LogP contribution >= 0.6 is 0 Å². The fourth-order valence-electron chi connectivity index (χ4n) is 2.28.